The predicted molar refractivity (Wildman–Crippen MR) is 96.3 cm³/mol. The molecule has 23 heavy (non-hydrogen) atoms. The quantitative estimate of drug-likeness (QED) is 0.840. The second-order valence-electron chi connectivity index (χ2n) is 5.27. The van der Waals surface area contributed by atoms with E-state index in [-0.39, 0.29) is 11.1 Å². The number of hydrogen-bond donors (Lipinski definition) is 1. The molecule has 0 spiro atoms. The zero-order valence-electron chi connectivity index (χ0n) is 12.5. The average molecular weight is 391 g/mol. The van der Waals surface area contributed by atoms with E-state index in [0.717, 1.165) is 33.0 Å². The Morgan fingerprint density at radius 2 is 1.83 bits per heavy atom. The van der Waals surface area contributed by atoms with Crippen molar-refractivity contribution in [2.45, 2.75) is 18.8 Å². The van der Waals surface area contributed by atoms with Crippen molar-refractivity contribution in [3.8, 4) is 0 Å². The van der Waals surface area contributed by atoms with Gasteiger partial charge in [-0.3, -0.25) is 14.5 Å². The number of amides is 2. The number of carbonyl (C=O) groups is 2. The summed E-state index contributed by atoms with van der Waals surface area (Å²) in [6.45, 7) is 2.26. The zero-order chi connectivity index (χ0) is 16.4. The summed E-state index contributed by atoms with van der Waals surface area (Å²) in [6.07, 6.45) is 0. The van der Waals surface area contributed by atoms with Crippen molar-refractivity contribution in [2.75, 3.05) is 5.32 Å². The van der Waals surface area contributed by atoms with Crippen LogP contribution >= 0.6 is 27.7 Å². The molecule has 0 aromatic heterocycles. The molecular formula is C17H15BrN2O2S. The standard InChI is InChI=1S/C17H15BrN2O2S/c1-11-4-2-3-5-14(11)19-15-16(21)20(17(22)23-15)10-12-6-8-13(18)9-7-12/h2-9,15,19H,10H2,1H3. The number of para-hydroxylation sites is 1. The third-order valence-corrected chi connectivity index (χ3v) is 5.12. The molecule has 1 saturated heterocycles. The number of benzene rings is 2. The van der Waals surface area contributed by atoms with E-state index in [1.54, 1.807) is 0 Å². The maximum atomic E-state index is 12.5. The van der Waals surface area contributed by atoms with Crippen LogP contribution < -0.4 is 5.32 Å². The first-order valence-electron chi connectivity index (χ1n) is 7.13. The first-order chi connectivity index (χ1) is 11.0. The largest absolute Gasteiger partial charge is 0.365 e. The minimum absolute atomic E-state index is 0.203. The Morgan fingerprint density at radius 1 is 1.13 bits per heavy atom. The number of aryl methyl sites for hydroxylation is 1. The molecule has 1 atom stereocenters. The molecule has 1 aliphatic rings. The molecule has 0 radical (unpaired) electrons. The van der Waals surface area contributed by atoms with E-state index in [0.29, 0.717) is 6.54 Å². The molecule has 2 amide bonds. The lowest BCUT2D eigenvalue weighted by Crippen LogP contribution is -2.34. The summed E-state index contributed by atoms with van der Waals surface area (Å²) >= 11 is 4.40. The summed E-state index contributed by atoms with van der Waals surface area (Å²) in [5, 5.41) is 2.37. The molecule has 0 bridgehead atoms. The molecule has 1 aliphatic heterocycles. The predicted octanol–water partition coefficient (Wildman–Crippen LogP) is 4.39. The smallest absolute Gasteiger partial charge is 0.291 e. The first kappa shape index (κ1) is 16.1. The van der Waals surface area contributed by atoms with Crippen LogP contribution in [-0.4, -0.2) is 21.4 Å². The van der Waals surface area contributed by atoms with E-state index >= 15 is 0 Å². The van der Waals surface area contributed by atoms with Gasteiger partial charge in [0, 0.05) is 10.2 Å². The Kier molecular flexibility index (Phi) is 4.73. The fourth-order valence-corrected chi connectivity index (χ4v) is 3.49. The van der Waals surface area contributed by atoms with Gasteiger partial charge in [0.1, 0.15) is 0 Å². The van der Waals surface area contributed by atoms with Crippen LogP contribution in [0.3, 0.4) is 0 Å². The van der Waals surface area contributed by atoms with E-state index in [1.165, 1.54) is 4.90 Å². The van der Waals surface area contributed by atoms with E-state index in [4.69, 9.17) is 0 Å². The minimum atomic E-state index is -0.570. The van der Waals surface area contributed by atoms with Gasteiger partial charge in [-0.25, -0.2) is 0 Å². The molecule has 6 heteroatoms. The second kappa shape index (κ2) is 6.76. The van der Waals surface area contributed by atoms with Crippen LogP contribution in [0.25, 0.3) is 0 Å². The molecule has 0 saturated carbocycles. The fraction of sp³-hybridized carbons (Fsp3) is 0.176. The van der Waals surface area contributed by atoms with Gasteiger partial charge in [-0.15, -0.1) is 0 Å². The van der Waals surface area contributed by atoms with Crippen LogP contribution in [-0.2, 0) is 11.3 Å². The van der Waals surface area contributed by atoms with Gasteiger partial charge < -0.3 is 5.32 Å². The number of halogens is 1. The van der Waals surface area contributed by atoms with Crippen molar-refractivity contribution in [1.29, 1.82) is 0 Å². The average Bonchev–Trinajstić information content (AvgIpc) is 2.79. The lowest BCUT2D eigenvalue weighted by molar-refractivity contribution is -0.126. The van der Waals surface area contributed by atoms with Gasteiger partial charge in [0.15, 0.2) is 5.37 Å². The summed E-state index contributed by atoms with van der Waals surface area (Å²) in [5.41, 5.74) is 2.84. The van der Waals surface area contributed by atoms with Crippen LogP contribution in [0.2, 0.25) is 0 Å². The van der Waals surface area contributed by atoms with Crippen molar-refractivity contribution in [2.24, 2.45) is 0 Å². The second-order valence-corrected chi connectivity index (χ2v) is 7.25. The van der Waals surface area contributed by atoms with Crippen LogP contribution in [0.15, 0.2) is 53.0 Å². The topological polar surface area (TPSA) is 49.4 Å². The number of anilines is 1. The molecule has 0 aliphatic carbocycles. The SMILES string of the molecule is Cc1ccccc1NC1SC(=O)N(Cc2ccc(Br)cc2)C1=O. The molecule has 1 heterocycles. The molecule has 4 nitrogen and oxygen atoms in total. The van der Waals surface area contributed by atoms with Crippen LogP contribution in [0, 0.1) is 6.92 Å². The molecule has 1 fully saturated rings. The van der Waals surface area contributed by atoms with Gasteiger partial charge in [-0.05, 0) is 48.0 Å². The highest BCUT2D eigenvalue weighted by Gasteiger charge is 2.39. The Labute approximate surface area is 147 Å². The summed E-state index contributed by atoms with van der Waals surface area (Å²) in [6, 6.07) is 15.3. The third kappa shape index (κ3) is 3.59. The molecule has 2 aromatic carbocycles. The first-order valence-corrected chi connectivity index (χ1v) is 8.80. The van der Waals surface area contributed by atoms with E-state index in [1.807, 2.05) is 55.5 Å². The molecule has 1 N–H and O–H groups in total. The van der Waals surface area contributed by atoms with Crippen molar-refractivity contribution in [3.63, 3.8) is 0 Å². The van der Waals surface area contributed by atoms with E-state index in [2.05, 4.69) is 21.2 Å². The van der Waals surface area contributed by atoms with Gasteiger partial charge in [0.2, 0.25) is 0 Å². The minimum Gasteiger partial charge on any atom is -0.365 e. The highest BCUT2D eigenvalue weighted by molar-refractivity contribution is 9.10. The van der Waals surface area contributed by atoms with Gasteiger partial charge in [-0.1, -0.05) is 46.3 Å². The fourth-order valence-electron chi connectivity index (χ4n) is 2.33. The maximum Gasteiger partial charge on any atom is 0.291 e. The molecule has 118 valence electrons. The highest BCUT2D eigenvalue weighted by atomic mass is 79.9. The van der Waals surface area contributed by atoms with E-state index in [9.17, 15) is 9.59 Å². The summed E-state index contributed by atoms with van der Waals surface area (Å²) < 4.78 is 0.966. The summed E-state index contributed by atoms with van der Waals surface area (Å²) in [7, 11) is 0. The molecule has 2 aromatic rings. The van der Waals surface area contributed by atoms with Crippen molar-refractivity contribution >= 4 is 44.5 Å². The Hall–Kier alpha value is -1.79. The van der Waals surface area contributed by atoms with Crippen LogP contribution in [0.4, 0.5) is 10.5 Å². The number of nitrogens with zero attached hydrogens (tertiary/aromatic N) is 1. The molecular weight excluding hydrogens is 376 g/mol. The maximum absolute atomic E-state index is 12.5. The normalized spacial score (nSPS) is 17.7. The van der Waals surface area contributed by atoms with Gasteiger partial charge in [0.05, 0.1) is 6.54 Å². The molecule has 3 rings (SSSR count). The number of carbonyl (C=O) groups excluding carboxylic acids is 2. The van der Waals surface area contributed by atoms with Gasteiger partial charge in [0.25, 0.3) is 11.1 Å². The number of hydrogen-bond acceptors (Lipinski definition) is 4. The summed E-state index contributed by atoms with van der Waals surface area (Å²) in [4.78, 5) is 26.0. The number of imide groups is 1. The molecule has 1 unspecified atom stereocenters. The van der Waals surface area contributed by atoms with Crippen molar-refractivity contribution in [3.05, 3.63) is 64.1 Å². The lowest BCUT2D eigenvalue weighted by Gasteiger charge is -2.16. The summed E-state index contributed by atoms with van der Waals surface area (Å²) in [5.74, 6) is -0.203. The monoisotopic (exact) mass is 390 g/mol. The third-order valence-electron chi connectivity index (χ3n) is 3.61. The van der Waals surface area contributed by atoms with Gasteiger partial charge in [-0.2, -0.15) is 0 Å². The highest BCUT2D eigenvalue weighted by Crippen LogP contribution is 2.30. The zero-order valence-corrected chi connectivity index (χ0v) is 14.9. The van der Waals surface area contributed by atoms with Crippen molar-refractivity contribution in [1.82, 2.24) is 4.90 Å². The van der Waals surface area contributed by atoms with Crippen molar-refractivity contribution < 1.29 is 9.59 Å². The van der Waals surface area contributed by atoms with Gasteiger partial charge >= 0.3 is 0 Å². The Morgan fingerprint density at radius 3 is 2.52 bits per heavy atom. The Bertz CT molecular complexity index is 749. The van der Waals surface area contributed by atoms with Crippen LogP contribution in [0.5, 0.6) is 0 Å². The Balaban J connectivity index is 1.72. The number of rotatable bonds is 4. The lowest BCUT2D eigenvalue weighted by atomic mass is 10.2. The van der Waals surface area contributed by atoms with Crippen LogP contribution in [0.1, 0.15) is 11.1 Å². The number of thioether (sulfide) groups is 1. The van der Waals surface area contributed by atoms with E-state index < -0.39 is 5.37 Å². The number of nitrogens with one attached hydrogen (secondary N) is 1.